The summed E-state index contributed by atoms with van der Waals surface area (Å²) >= 11 is 0. The first-order valence-corrected chi connectivity index (χ1v) is 9.84. The molecule has 1 saturated carbocycles. The zero-order valence-electron chi connectivity index (χ0n) is 14.9. The highest BCUT2D eigenvalue weighted by Crippen LogP contribution is 2.36. The molecule has 2 unspecified atom stereocenters. The van der Waals surface area contributed by atoms with E-state index in [1.807, 2.05) is 4.90 Å². The van der Waals surface area contributed by atoms with Gasteiger partial charge in [-0.25, -0.2) is 0 Å². The fourth-order valence-corrected chi connectivity index (χ4v) is 4.94. The van der Waals surface area contributed by atoms with Crippen LogP contribution in [0.4, 0.5) is 0 Å². The van der Waals surface area contributed by atoms with Crippen molar-refractivity contribution in [3.8, 4) is 0 Å². The van der Waals surface area contributed by atoms with Gasteiger partial charge in [-0.1, -0.05) is 19.3 Å². The summed E-state index contributed by atoms with van der Waals surface area (Å²) in [4.78, 5) is 29.2. The zero-order valence-corrected chi connectivity index (χ0v) is 14.9. The maximum atomic E-state index is 12.9. The van der Waals surface area contributed by atoms with Gasteiger partial charge in [0, 0.05) is 32.1 Å². The highest BCUT2D eigenvalue weighted by molar-refractivity contribution is 5.91. The molecule has 0 aromatic carbocycles. The second-order valence-corrected chi connectivity index (χ2v) is 7.92. The summed E-state index contributed by atoms with van der Waals surface area (Å²) < 4.78 is 5.20. The summed E-state index contributed by atoms with van der Waals surface area (Å²) in [5.74, 6) is 2.33. The molecule has 1 aliphatic carbocycles. The van der Waals surface area contributed by atoms with Crippen LogP contribution >= 0.6 is 0 Å². The number of hydrogen-bond acceptors (Lipinski definition) is 3. The van der Waals surface area contributed by atoms with Gasteiger partial charge >= 0.3 is 0 Å². The number of amides is 2. The monoisotopic (exact) mass is 344 g/mol. The van der Waals surface area contributed by atoms with Crippen LogP contribution < -0.4 is 0 Å². The summed E-state index contributed by atoms with van der Waals surface area (Å²) in [5, 5.41) is 0. The van der Waals surface area contributed by atoms with Gasteiger partial charge in [-0.2, -0.15) is 0 Å². The number of carbonyl (C=O) groups is 2. The molecule has 5 nitrogen and oxygen atoms in total. The Morgan fingerprint density at radius 2 is 1.64 bits per heavy atom. The van der Waals surface area contributed by atoms with E-state index in [9.17, 15) is 9.59 Å². The molecule has 3 heterocycles. The Bertz CT molecular complexity index is 604. The van der Waals surface area contributed by atoms with E-state index in [1.54, 1.807) is 12.1 Å². The molecule has 0 radical (unpaired) electrons. The molecule has 25 heavy (non-hydrogen) atoms. The molecule has 5 heteroatoms. The van der Waals surface area contributed by atoms with Crippen LogP contribution in [0, 0.1) is 17.8 Å². The fraction of sp³-hybridized carbons (Fsp3) is 0.700. The van der Waals surface area contributed by atoms with Crippen molar-refractivity contribution in [3.05, 3.63) is 24.2 Å². The zero-order chi connectivity index (χ0) is 17.2. The van der Waals surface area contributed by atoms with E-state index in [-0.39, 0.29) is 11.8 Å². The molecule has 0 N–H and O–H groups in total. The van der Waals surface area contributed by atoms with Crippen molar-refractivity contribution in [1.29, 1.82) is 0 Å². The third kappa shape index (κ3) is 3.46. The first kappa shape index (κ1) is 16.7. The molecule has 136 valence electrons. The van der Waals surface area contributed by atoms with Gasteiger partial charge in [0.1, 0.15) is 0 Å². The molecular formula is C20H28N2O3. The Hall–Kier alpha value is -1.78. The van der Waals surface area contributed by atoms with E-state index in [1.165, 1.54) is 38.4 Å². The summed E-state index contributed by atoms with van der Waals surface area (Å²) in [6.45, 7) is 3.20. The predicted molar refractivity (Wildman–Crippen MR) is 94.0 cm³/mol. The molecule has 1 aromatic heterocycles. The Balaban J connectivity index is 1.30. The quantitative estimate of drug-likeness (QED) is 0.828. The van der Waals surface area contributed by atoms with Gasteiger partial charge in [0.2, 0.25) is 5.91 Å². The molecule has 3 fully saturated rings. The lowest BCUT2D eigenvalue weighted by Gasteiger charge is -2.43. The van der Waals surface area contributed by atoms with E-state index >= 15 is 0 Å². The maximum Gasteiger partial charge on any atom is 0.289 e. The molecule has 0 spiro atoms. The van der Waals surface area contributed by atoms with E-state index < -0.39 is 0 Å². The number of hydrogen-bond donors (Lipinski definition) is 0. The number of rotatable bonds is 2. The molecule has 2 atom stereocenters. The van der Waals surface area contributed by atoms with E-state index in [0.717, 1.165) is 37.8 Å². The minimum absolute atomic E-state index is 0.0566. The molecule has 4 rings (SSSR count). The Labute approximate surface area is 149 Å². The van der Waals surface area contributed by atoms with Crippen LogP contribution in [0.1, 0.15) is 55.5 Å². The molecule has 0 bridgehead atoms. The van der Waals surface area contributed by atoms with E-state index in [4.69, 9.17) is 4.42 Å². The van der Waals surface area contributed by atoms with Crippen LogP contribution in [-0.4, -0.2) is 47.8 Å². The minimum atomic E-state index is -0.0566. The van der Waals surface area contributed by atoms with Crippen LogP contribution in [-0.2, 0) is 4.79 Å². The van der Waals surface area contributed by atoms with Crippen LogP contribution in [0.25, 0.3) is 0 Å². The van der Waals surface area contributed by atoms with Crippen LogP contribution in [0.5, 0.6) is 0 Å². The van der Waals surface area contributed by atoms with Crippen molar-refractivity contribution in [2.24, 2.45) is 17.8 Å². The van der Waals surface area contributed by atoms with Gasteiger partial charge < -0.3 is 14.2 Å². The van der Waals surface area contributed by atoms with Gasteiger partial charge in [-0.15, -0.1) is 0 Å². The van der Waals surface area contributed by atoms with Crippen LogP contribution in [0.2, 0.25) is 0 Å². The average Bonchev–Trinajstić information content (AvgIpc) is 3.21. The van der Waals surface area contributed by atoms with Crippen molar-refractivity contribution < 1.29 is 14.0 Å². The standard InChI is InChI=1S/C20H28N2O3/c23-19(22-12-7-15-4-1-2-5-17(15)14-22)16-8-10-21(11-9-16)20(24)18-6-3-13-25-18/h3,6,13,15-17H,1-2,4-5,7-12,14H2. The number of furan rings is 1. The van der Waals surface area contributed by atoms with Crippen LogP contribution in [0.15, 0.2) is 22.8 Å². The number of nitrogens with zero attached hydrogens (tertiary/aromatic N) is 2. The maximum absolute atomic E-state index is 12.9. The van der Waals surface area contributed by atoms with E-state index in [2.05, 4.69) is 4.90 Å². The molecule has 2 aliphatic heterocycles. The smallest absolute Gasteiger partial charge is 0.289 e. The average molecular weight is 344 g/mol. The molecular weight excluding hydrogens is 316 g/mol. The van der Waals surface area contributed by atoms with Gasteiger partial charge in [0.05, 0.1) is 6.26 Å². The van der Waals surface area contributed by atoms with Crippen molar-refractivity contribution in [1.82, 2.24) is 9.80 Å². The van der Waals surface area contributed by atoms with Gasteiger partial charge in [0.15, 0.2) is 5.76 Å². The number of carbonyl (C=O) groups excluding carboxylic acids is 2. The minimum Gasteiger partial charge on any atom is -0.459 e. The summed E-state index contributed by atoms with van der Waals surface area (Å²) in [5.41, 5.74) is 0. The Morgan fingerprint density at radius 1 is 0.920 bits per heavy atom. The topological polar surface area (TPSA) is 53.8 Å². The third-order valence-electron chi connectivity index (χ3n) is 6.47. The SMILES string of the molecule is O=C(c1ccco1)N1CCC(C(=O)N2CCC3CCCCC3C2)CC1. The first-order chi connectivity index (χ1) is 12.2. The lowest BCUT2D eigenvalue weighted by molar-refractivity contribution is -0.140. The van der Waals surface area contributed by atoms with E-state index in [0.29, 0.717) is 24.8 Å². The first-order valence-electron chi connectivity index (χ1n) is 9.84. The Morgan fingerprint density at radius 3 is 2.36 bits per heavy atom. The largest absolute Gasteiger partial charge is 0.459 e. The molecule has 2 amide bonds. The number of fused-ring (bicyclic) bond motifs is 1. The number of likely N-dealkylation sites (tertiary alicyclic amines) is 2. The second kappa shape index (κ2) is 7.22. The molecule has 2 saturated heterocycles. The van der Waals surface area contributed by atoms with Crippen LogP contribution in [0.3, 0.4) is 0 Å². The lowest BCUT2D eigenvalue weighted by atomic mass is 9.75. The normalized spacial score (nSPS) is 27.8. The second-order valence-electron chi connectivity index (χ2n) is 7.92. The van der Waals surface area contributed by atoms with Crippen molar-refractivity contribution in [3.63, 3.8) is 0 Å². The van der Waals surface area contributed by atoms with Gasteiger partial charge in [0.25, 0.3) is 5.91 Å². The van der Waals surface area contributed by atoms with Crippen molar-refractivity contribution in [2.75, 3.05) is 26.2 Å². The molecule has 3 aliphatic rings. The fourth-order valence-electron chi connectivity index (χ4n) is 4.94. The summed E-state index contributed by atoms with van der Waals surface area (Å²) in [7, 11) is 0. The van der Waals surface area contributed by atoms with Crippen molar-refractivity contribution in [2.45, 2.75) is 44.9 Å². The highest BCUT2D eigenvalue weighted by atomic mass is 16.3. The lowest BCUT2D eigenvalue weighted by Crippen LogP contribution is -2.49. The van der Waals surface area contributed by atoms with Gasteiger partial charge in [-0.05, 0) is 49.7 Å². The number of piperidine rings is 2. The predicted octanol–water partition coefficient (Wildman–Crippen LogP) is 3.17. The van der Waals surface area contributed by atoms with Gasteiger partial charge in [-0.3, -0.25) is 9.59 Å². The highest BCUT2D eigenvalue weighted by Gasteiger charge is 2.36. The Kier molecular flexibility index (Phi) is 4.82. The summed E-state index contributed by atoms with van der Waals surface area (Å²) in [6, 6.07) is 3.44. The summed E-state index contributed by atoms with van der Waals surface area (Å²) in [6.07, 6.45) is 9.62. The van der Waals surface area contributed by atoms with Crippen molar-refractivity contribution >= 4 is 11.8 Å². The molecule has 1 aromatic rings. The third-order valence-corrected chi connectivity index (χ3v) is 6.47.